The number of nitrogens with zero attached hydrogens (tertiary/aromatic N) is 1. The van der Waals surface area contributed by atoms with Crippen LogP contribution in [0.2, 0.25) is 0 Å². The fraction of sp³-hybridized carbons (Fsp3) is 0.500. The molecule has 1 heterocycles. The van der Waals surface area contributed by atoms with E-state index in [-0.39, 0.29) is 17.5 Å². The molecule has 0 aliphatic heterocycles. The SMILES string of the molecule is CCCNC(=O)c1sc(N(C)C)c(C(=O)NC)c1N. The van der Waals surface area contributed by atoms with Gasteiger partial charge in [0.05, 0.1) is 11.3 Å². The number of hydrogen-bond donors (Lipinski definition) is 3. The summed E-state index contributed by atoms with van der Waals surface area (Å²) >= 11 is 1.22. The number of amides is 2. The van der Waals surface area contributed by atoms with Gasteiger partial charge >= 0.3 is 0 Å². The second kappa shape index (κ2) is 6.42. The van der Waals surface area contributed by atoms with Gasteiger partial charge in [0, 0.05) is 27.7 Å². The van der Waals surface area contributed by atoms with Crippen molar-refractivity contribution in [2.75, 3.05) is 38.3 Å². The van der Waals surface area contributed by atoms with E-state index in [1.165, 1.54) is 18.4 Å². The van der Waals surface area contributed by atoms with Crippen molar-refractivity contribution in [3.8, 4) is 0 Å². The van der Waals surface area contributed by atoms with Gasteiger partial charge in [-0.3, -0.25) is 9.59 Å². The van der Waals surface area contributed by atoms with Gasteiger partial charge in [-0.15, -0.1) is 11.3 Å². The van der Waals surface area contributed by atoms with Crippen molar-refractivity contribution >= 4 is 33.8 Å². The van der Waals surface area contributed by atoms with Crippen LogP contribution >= 0.6 is 11.3 Å². The first-order valence-electron chi connectivity index (χ1n) is 6.03. The van der Waals surface area contributed by atoms with Crippen molar-refractivity contribution in [2.45, 2.75) is 13.3 Å². The molecule has 2 amide bonds. The number of nitrogens with two attached hydrogens (primary N) is 1. The first kappa shape index (κ1) is 15.3. The number of nitrogens with one attached hydrogen (secondary N) is 2. The molecule has 106 valence electrons. The average molecular weight is 284 g/mol. The summed E-state index contributed by atoms with van der Waals surface area (Å²) in [5.74, 6) is -0.519. The number of nitrogen functional groups attached to an aromatic ring is 1. The predicted octanol–water partition coefficient (Wildman–Crippen LogP) is 0.896. The van der Waals surface area contributed by atoms with E-state index in [0.717, 1.165) is 6.42 Å². The Labute approximate surface area is 117 Å². The standard InChI is InChI=1S/C12H20N4O2S/c1-5-6-15-11(18)9-8(13)7(10(17)14-2)12(19-9)16(3)4/h5-6,13H2,1-4H3,(H,14,17)(H,15,18). The highest BCUT2D eigenvalue weighted by molar-refractivity contribution is 7.19. The third kappa shape index (κ3) is 3.17. The van der Waals surface area contributed by atoms with Gasteiger partial charge in [-0.25, -0.2) is 0 Å². The van der Waals surface area contributed by atoms with Gasteiger partial charge in [0.1, 0.15) is 9.88 Å². The fourth-order valence-corrected chi connectivity index (χ4v) is 2.64. The van der Waals surface area contributed by atoms with Gasteiger partial charge in [0.15, 0.2) is 0 Å². The molecule has 0 fully saturated rings. The second-order valence-corrected chi connectivity index (χ2v) is 5.25. The predicted molar refractivity (Wildman–Crippen MR) is 79.1 cm³/mol. The minimum Gasteiger partial charge on any atom is -0.397 e. The maximum Gasteiger partial charge on any atom is 0.263 e. The van der Waals surface area contributed by atoms with Crippen LogP contribution in [0, 0.1) is 0 Å². The van der Waals surface area contributed by atoms with Crippen LogP contribution in [0.15, 0.2) is 0 Å². The summed E-state index contributed by atoms with van der Waals surface area (Å²) in [4.78, 5) is 26.0. The zero-order valence-corrected chi connectivity index (χ0v) is 12.5. The Bertz CT molecular complexity index is 482. The molecule has 0 aliphatic rings. The molecule has 19 heavy (non-hydrogen) atoms. The normalized spacial score (nSPS) is 10.1. The Hall–Kier alpha value is -1.76. The quantitative estimate of drug-likeness (QED) is 0.749. The molecule has 0 spiro atoms. The highest BCUT2D eigenvalue weighted by atomic mass is 32.1. The number of hydrogen-bond acceptors (Lipinski definition) is 5. The van der Waals surface area contributed by atoms with E-state index in [0.29, 0.717) is 22.0 Å². The Kier molecular flexibility index (Phi) is 5.17. The van der Waals surface area contributed by atoms with Crippen molar-refractivity contribution in [2.24, 2.45) is 0 Å². The molecule has 0 unspecified atom stereocenters. The van der Waals surface area contributed by atoms with Crippen molar-refractivity contribution in [1.29, 1.82) is 0 Å². The summed E-state index contributed by atoms with van der Waals surface area (Å²) in [5, 5.41) is 5.99. The molecule has 1 aromatic rings. The second-order valence-electron chi connectivity index (χ2n) is 4.25. The summed E-state index contributed by atoms with van der Waals surface area (Å²) in [6.45, 7) is 2.56. The molecule has 7 heteroatoms. The van der Waals surface area contributed by atoms with E-state index in [2.05, 4.69) is 10.6 Å². The van der Waals surface area contributed by atoms with E-state index in [9.17, 15) is 9.59 Å². The lowest BCUT2D eigenvalue weighted by molar-refractivity contribution is 0.0957. The highest BCUT2D eigenvalue weighted by Gasteiger charge is 2.25. The van der Waals surface area contributed by atoms with Gasteiger partial charge in [-0.2, -0.15) is 0 Å². The molecule has 0 aromatic carbocycles. The molecule has 1 rings (SSSR count). The lowest BCUT2D eigenvalue weighted by Crippen LogP contribution is -2.25. The molecule has 0 bridgehead atoms. The number of rotatable bonds is 5. The summed E-state index contributed by atoms with van der Waals surface area (Å²) in [6, 6.07) is 0. The first-order valence-corrected chi connectivity index (χ1v) is 6.85. The van der Waals surface area contributed by atoms with Gasteiger partial charge < -0.3 is 21.3 Å². The smallest absolute Gasteiger partial charge is 0.263 e. The number of anilines is 2. The molecule has 4 N–H and O–H groups in total. The van der Waals surface area contributed by atoms with Crippen molar-refractivity contribution < 1.29 is 9.59 Å². The maximum atomic E-state index is 12.0. The molecule has 0 radical (unpaired) electrons. The van der Waals surface area contributed by atoms with Gasteiger partial charge in [0.25, 0.3) is 11.8 Å². The Morgan fingerprint density at radius 3 is 2.42 bits per heavy atom. The van der Waals surface area contributed by atoms with Crippen LogP contribution in [0.3, 0.4) is 0 Å². The minimum atomic E-state index is -0.285. The zero-order valence-electron chi connectivity index (χ0n) is 11.7. The van der Waals surface area contributed by atoms with E-state index in [1.807, 2.05) is 21.0 Å². The maximum absolute atomic E-state index is 12.0. The van der Waals surface area contributed by atoms with E-state index in [1.54, 1.807) is 4.90 Å². The van der Waals surface area contributed by atoms with Crippen LogP contribution in [-0.2, 0) is 0 Å². The first-order chi connectivity index (χ1) is 8.93. The summed E-state index contributed by atoms with van der Waals surface area (Å²) in [5.41, 5.74) is 6.55. The molecular formula is C12H20N4O2S. The lowest BCUT2D eigenvalue weighted by atomic mass is 10.2. The molecule has 1 aromatic heterocycles. The van der Waals surface area contributed by atoms with Crippen LogP contribution in [0.25, 0.3) is 0 Å². The molecule has 6 nitrogen and oxygen atoms in total. The van der Waals surface area contributed by atoms with Crippen molar-refractivity contribution in [3.63, 3.8) is 0 Å². The fourth-order valence-electron chi connectivity index (χ4n) is 1.58. The summed E-state index contributed by atoms with van der Waals surface area (Å²) < 4.78 is 0. The van der Waals surface area contributed by atoms with Crippen LogP contribution in [0.5, 0.6) is 0 Å². The Balaban J connectivity index is 3.21. The zero-order chi connectivity index (χ0) is 14.6. The largest absolute Gasteiger partial charge is 0.397 e. The molecule has 0 saturated heterocycles. The molecule has 0 aliphatic carbocycles. The van der Waals surface area contributed by atoms with Crippen LogP contribution < -0.4 is 21.3 Å². The third-order valence-electron chi connectivity index (χ3n) is 2.53. The molecular weight excluding hydrogens is 264 g/mol. The molecule has 0 saturated carbocycles. The van der Waals surface area contributed by atoms with Crippen LogP contribution in [0.4, 0.5) is 10.7 Å². The van der Waals surface area contributed by atoms with E-state index in [4.69, 9.17) is 5.73 Å². The molecule has 0 atom stereocenters. The third-order valence-corrected chi connectivity index (χ3v) is 3.90. The summed E-state index contributed by atoms with van der Waals surface area (Å²) in [6.07, 6.45) is 0.847. The number of carbonyl (C=O) groups is 2. The van der Waals surface area contributed by atoms with Crippen LogP contribution in [0.1, 0.15) is 33.4 Å². The lowest BCUT2D eigenvalue weighted by Gasteiger charge is -2.11. The Morgan fingerprint density at radius 1 is 1.32 bits per heavy atom. The van der Waals surface area contributed by atoms with Gasteiger partial charge in [-0.05, 0) is 6.42 Å². The minimum absolute atomic E-state index is 0.234. The van der Waals surface area contributed by atoms with Crippen LogP contribution in [-0.4, -0.2) is 39.5 Å². The van der Waals surface area contributed by atoms with Crippen molar-refractivity contribution in [1.82, 2.24) is 10.6 Å². The van der Waals surface area contributed by atoms with Gasteiger partial charge in [0.2, 0.25) is 0 Å². The Morgan fingerprint density at radius 2 is 1.95 bits per heavy atom. The summed E-state index contributed by atoms with van der Waals surface area (Å²) in [7, 11) is 5.16. The number of carbonyl (C=O) groups excluding carboxylic acids is 2. The van der Waals surface area contributed by atoms with Crippen molar-refractivity contribution in [3.05, 3.63) is 10.4 Å². The number of thiophene rings is 1. The van der Waals surface area contributed by atoms with E-state index >= 15 is 0 Å². The van der Waals surface area contributed by atoms with Gasteiger partial charge in [-0.1, -0.05) is 6.92 Å². The monoisotopic (exact) mass is 284 g/mol. The van der Waals surface area contributed by atoms with E-state index < -0.39 is 0 Å². The average Bonchev–Trinajstić information content (AvgIpc) is 2.73. The highest BCUT2D eigenvalue weighted by Crippen LogP contribution is 2.37. The topological polar surface area (TPSA) is 87.5 Å².